The van der Waals surface area contributed by atoms with Gasteiger partial charge in [-0.3, -0.25) is 0 Å². The van der Waals surface area contributed by atoms with Gasteiger partial charge in [-0.2, -0.15) is 5.90 Å². The molecule has 2 N–H and O–H groups in total. The third-order valence-electron chi connectivity index (χ3n) is 3.64. The van der Waals surface area contributed by atoms with Gasteiger partial charge in [0.2, 0.25) is 0 Å². The van der Waals surface area contributed by atoms with Crippen LogP contribution in [0.3, 0.4) is 0 Å². The molecule has 2 fully saturated rings. The number of nitrogens with two attached hydrogens (primary N) is 1. The number of fused-ring (bicyclic) bond motifs is 1. The van der Waals surface area contributed by atoms with Crippen LogP contribution in [0.4, 0.5) is 0 Å². The van der Waals surface area contributed by atoms with Gasteiger partial charge < -0.3 is 14.3 Å². The van der Waals surface area contributed by atoms with E-state index in [1.807, 2.05) is 0 Å². The summed E-state index contributed by atoms with van der Waals surface area (Å²) in [5.41, 5.74) is 0. The van der Waals surface area contributed by atoms with Crippen molar-refractivity contribution in [2.75, 3.05) is 26.4 Å². The molecule has 10 nitrogen and oxygen atoms in total. The van der Waals surface area contributed by atoms with E-state index >= 15 is 0 Å². The van der Waals surface area contributed by atoms with Crippen LogP contribution in [0.15, 0.2) is 0 Å². The molecule has 2 heterocycles. The van der Waals surface area contributed by atoms with Crippen LogP contribution in [-0.4, -0.2) is 43.7 Å². The first kappa shape index (κ1) is 15.4. The zero-order chi connectivity index (χ0) is 14.4. The van der Waals surface area contributed by atoms with Crippen LogP contribution in [0, 0.1) is 22.0 Å². The minimum absolute atomic E-state index is 0.167. The molecule has 2 rings (SSSR count). The molecule has 0 bridgehead atoms. The van der Waals surface area contributed by atoms with Crippen LogP contribution < -0.4 is 5.90 Å². The number of ether oxygens (including phenoxy) is 2. The van der Waals surface area contributed by atoms with Crippen LogP contribution in [0.5, 0.6) is 0 Å². The zero-order valence-corrected chi connectivity index (χ0v) is 10.8. The molecule has 0 saturated carbocycles. The average Bonchev–Trinajstić information content (AvgIpc) is 2.72. The van der Waals surface area contributed by atoms with Crippen molar-refractivity contribution in [1.29, 1.82) is 0 Å². The van der Waals surface area contributed by atoms with E-state index in [2.05, 4.69) is 10.0 Å². The lowest BCUT2D eigenvalue weighted by molar-refractivity contribution is -0.771. The highest BCUT2D eigenvalue weighted by atomic mass is 17.5. The molecule has 0 aromatic rings. The number of hydrogen-bond acceptors (Lipinski definition) is 9. The molecule has 20 heavy (non-hydrogen) atoms. The Bertz CT molecular complexity index is 318. The van der Waals surface area contributed by atoms with Gasteiger partial charge in [0.25, 0.3) is 5.09 Å². The van der Waals surface area contributed by atoms with Crippen LogP contribution in [-0.2, 0) is 29.2 Å². The van der Waals surface area contributed by atoms with E-state index in [1.165, 1.54) is 0 Å². The molecule has 0 aromatic carbocycles. The zero-order valence-electron chi connectivity index (χ0n) is 10.8. The Morgan fingerprint density at radius 1 is 1.10 bits per heavy atom. The largest absolute Gasteiger partial charge is 0.381 e. The Labute approximate surface area is 114 Å². The second kappa shape index (κ2) is 7.67. The third-order valence-corrected chi connectivity index (χ3v) is 3.64. The Morgan fingerprint density at radius 2 is 1.70 bits per heavy atom. The highest BCUT2D eigenvalue weighted by Gasteiger charge is 2.41. The SMILES string of the molecule is NOOOC1CCOCC2C(O[N+](=O)[O-])CCOCC12. The van der Waals surface area contributed by atoms with Crippen molar-refractivity contribution >= 4 is 0 Å². The van der Waals surface area contributed by atoms with Crippen molar-refractivity contribution in [1.82, 2.24) is 0 Å². The van der Waals surface area contributed by atoms with Crippen molar-refractivity contribution in [3.8, 4) is 0 Å². The fraction of sp³-hybridized carbons (Fsp3) is 1.00. The molecule has 116 valence electrons. The van der Waals surface area contributed by atoms with E-state index < -0.39 is 17.3 Å². The monoisotopic (exact) mass is 294 g/mol. The summed E-state index contributed by atoms with van der Waals surface area (Å²) in [4.78, 5) is 24.4. The lowest BCUT2D eigenvalue weighted by Crippen LogP contribution is -2.40. The van der Waals surface area contributed by atoms with Crippen molar-refractivity contribution in [2.45, 2.75) is 25.0 Å². The summed E-state index contributed by atoms with van der Waals surface area (Å²) >= 11 is 0. The smallest absolute Gasteiger partial charge is 0.294 e. The van der Waals surface area contributed by atoms with Gasteiger partial charge in [0.15, 0.2) is 0 Å². The molecule has 4 unspecified atom stereocenters. The number of hydrogen-bond donors (Lipinski definition) is 1. The van der Waals surface area contributed by atoms with Gasteiger partial charge >= 0.3 is 0 Å². The van der Waals surface area contributed by atoms with Gasteiger partial charge in [-0.25, -0.2) is 4.89 Å². The lowest BCUT2D eigenvalue weighted by atomic mass is 9.84. The highest BCUT2D eigenvalue weighted by molar-refractivity contribution is 4.86. The average molecular weight is 294 g/mol. The minimum Gasteiger partial charge on any atom is -0.381 e. The summed E-state index contributed by atoms with van der Waals surface area (Å²) in [5.74, 6) is 4.36. The Hall–Kier alpha value is -1.04. The van der Waals surface area contributed by atoms with E-state index in [-0.39, 0.29) is 11.8 Å². The molecule has 0 radical (unpaired) electrons. The fourth-order valence-corrected chi connectivity index (χ4v) is 2.71. The van der Waals surface area contributed by atoms with Crippen molar-refractivity contribution in [2.24, 2.45) is 17.7 Å². The normalized spacial score (nSPS) is 34.6. The second-order valence-electron chi connectivity index (χ2n) is 4.72. The van der Waals surface area contributed by atoms with E-state index in [4.69, 9.17) is 25.1 Å². The molecule has 4 atom stereocenters. The van der Waals surface area contributed by atoms with Crippen LogP contribution in [0.2, 0.25) is 0 Å². The first-order chi connectivity index (χ1) is 9.72. The van der Waals surface area contributed by atoms with Gasteiger partial charge in [0.1, 0.15) is 12.2 Å². The molecule has 2 aliphatic rings. The van der Waals surface area contributed by atoms with E-state index in [9.17, 15) is 10.1 Å². The maximum Gasteiger partial charge on any atom is 0.294 e. The fourth-order valence-electron chi connectivity index (χ4n) is 2.71. The summed E-state index contributed by atoms with van der Waals surface area (Å²) in [7, 11) is 0. The molecule has 0 aliphatic carbocycles. The van der Waals surface area contributed by atoms with Gasteiger partial charge in [-0.05, 0) is 11.5 Å². The van der Waals surface area contributed by atoms with E-state index in [1.54, 1.807) is 0 Å². The van der Waals surface area contributed by atoms with Gasteiger partial charge in [-0.15, -0.1) is 15.1 Å². The Kier molecular flexibility index (Phi) is 5.88. The predicted octanol–water partition coefficient (Wildman–Crippen LogP) is -0.242. The topological polar surface area (TPSA) is 125 Å². The standard InChI is InChI=1S/C10H18N2O8/c11-19-20-18-10-2-4-16-5-7-8(10)6-15-3-1-9(7)17-12(13)14/h7-10H,1-6,11H2. The van der Waals surface area contributed by atoms with Gasteiger partial charge in [0, 0.05) is 31.5 Å². The van der Waals surface area contributed by atoms with Crippen LogP contribution in [0.1, 0.15) is 12.8 Å². The predicted molar refractivity (Wildman–Crippen MR) is 60.9 cm³/mol. The quantitative estimate of drug-likeness (QED) is 0.415. The number of rotatable bonds is 5. The van der Waals surface area contributed by atoms with Crippen LogP contribution in [0.25, 0.3) is 0 Å². The van der Waals surface area contributed by atoms with Gasteiger partial charge in [-0.1, -0.05) is 0 Å². The lowest BCUT2D eigenvalue weighted by Gasteiger charge is -2.30. The second-order valence-corrected chi connectivity index (χ2v) is 4.72. The van der Waals surface area contributed by atoms with Crippen molar-refractivity contribution < 1.29 is 34.3 Å². The van der Waals surface area contributed by atoms with E-state index in [0.29, 0.717) is 39.3 Å². The van der Waals surface area contributed by atoms with Crippen molar-refractivity contribution in [3.63, 3.8) is 0 Å². The summed E-state index contributed by atoms with van der Waals surface area (Å²) in [5, 5.41) is 14.1. The molecule has 10 heteroatoms. The molecule has 0 spiro atoms. The maximum atomic E-state index is 10.6. The van der Waals surface area contributed by atoms with Crippen molar-refractivity contribution in [3.05, 3.63) is 10.1 Å². The molecular formula is C10H18N2O8. The molecule has 0 aromatic heterocycles. The highest BCUT2D eigenvalue weighted by Crippen LogP contribution is 2.32. The summed E-state index contributed by atoms with van der Waals surface area (Å²) in [6, 6.07) is 0. The Balaban J connectivity index is 2.09. The minimum atomic E-state index is -0.784. The van der Waals surface area contributed by atoms with Gasteiger partial charge in [0.05, 0.1) is 13.2 Å². The molecular weight excluding hydrogens is 276 g/mol. The summed E-state index contributed by atoms with van der Waals surface area (Å²) in [6.45, 7) is 1.54. The molecule has 0 amide bonds. The molecule has 2 aliphatic heterocycles. The number of nitrogens with zero attached hydrogens (tertiary/aromatic N) is 1. The maximum absolute atomic E-state index is 10.6. The third kappa shape index (κ3) is 3.98. The first-order valence-corrected chi connectivity index (χ1v) is 6.38. The van der Waals surface area contributed by atoms with Crippen LogP contribution >= 0.6 is 0 Å². The molecule has 2 saturated heterocycles. The summed E-state index contributed by atoms with van der Waals surface area (Å²) in [6.07, 6.45) is -0.0339. The summed E-state index contributed by atoms with van der Waals surface area (Å²) < 4.78 is 11.0. The first-order valence-electron chi connectivity index (χ1n) is 6.38. The van der Waals surface area contributed by atoms with E-state index in [0.717, 1.165) is 0 Å². The Morgan fingerprint density at radius 3 is 2.30 bits per heavy atom.